The second-order valence-corrected chi connectivity index (χ2v) is 6.86. The molecule has 1 N–H and O–H groups in total. The molecule has 0 aliphatic carbocycles. The van der Waals surface area contributed by atoms with Crippen molar-refractivity contribution < 1.29 is 26.2 Å². The Balaban J connectivity index is 0.000000311. The first kappa shape index (κ1) is 23.2. The Kier molecular flexibility index (Phi) is 8.52. The first-order chi connectivity index (χ1) is 15.3. The van der Waals surface area contributed by atoms with Crippen LogP contribution in [-0.2, 0) is 34.2 Å². The molecule has 0 unspecified atom stereocenters. The third kappa shape index (κ3) is 6.76. The average Bonchev–Trinajstić information content (AvgIpc) is 3.50. The summed E-state index contributed by atoms with van der Waals surface area (Å²) in [5, 5.41) is 17.0. The van der Waals surface area contributed by atoms with Gasteiger partial charge in [0.05, 0.1) is 23.8 Å². The number of nitrogens with zero attached hydrogens (tertiary/aromatic N) is 5. The van der Waals surface area contributed by atoms with Gasteiger partial charge in [-0.05, 0) is 35.4 Å². The summed E-state index contributed by atoms with van der Waals surface area (Å²) in [7, 11) is 0. The monoisotopic (exact) mass is 603 g/mol. The molecule has 0 atom stereocenters. The van der Waals surface area contributed by atoms with Crippen LogP contribution >= 0.6 is 0 Å². The van der Waals surface area contributed by atoms with Crippen LogP contribution in [0.15, 0.2) is 104 Å². The molecule has 0 bridgehead atoms. The molecule has 0 aliphatic heterocycles. The van der Waals surface area contributed by atoms with Gasteiger partial charge in [0.2, 0.25) is 0 Å². The van der Waals surface area contributed by atoms with Gasteiger partial charge in [-0.15, -0.1) is 12.4 Å². The van der Waals surface area contributed by atoms with Crippen LogP contribution in [0, 0.1) is 6.20 Å². The average molecular weight is 604 g/mol. The maximum Gasteiger partial charge on any atom is 0.115 e. The number of aromatic nitrogens is 5. The van der Waals surface area contributed by atoms with Gasteiger partial charge in [0.15, 0.2) is 0 Å². The summed E-state index contributed by atoms with van der Waals surface area (Å²) in [6, 6.07) is 27.1. The molecule has 0 saturated heterocycles. The fourth-order valence-electron chi connectivity index (χ4n) is 3.11. The smallest absolute Gasteiger partial charge is 0.115 e. The van der Waals surface area contributed by atoms with E-state index in [1.54, 1.807) is 41.5 Å². The first-order valence-corrected chi connectivity index (χ1v) is 9.92. The number of pyridine rings is 1. The molecular weight excluding hydrogens is 581 g/mol. The van der Waals surface area contributed by atoms with Crippen LogP contribution in [-0.4, -0.2) is 29.7 Å². The maximum absolute atomic E-state index is 8.63. The Morgan fingerprint density at radius 3 is 1.94 bits per heavy atom. The van der Waals surface area contributed by atoms with Gasteiger partial charge in [-0.3, -0.25) is 4.98 Å². The zero-order valence-corrected chi connectivity index (χ0v) is 19.5. The van der Waals surface area contributed by atoms with Gasteiger partial charge in [0.1, 0.15) is 12.3 Å². The Morgan fingerprint density at radius 1 is 0.750 bits per heavy atom. The first-order valence-electron chi connectivity index (χ1n) is 9.92. The number of phenolic OH excluding ortho intramolecular Hbond substituents is 1. The van der Waals surface area contributed by atoms with Gasteiger partial charge in [0.25, 0.3) is 0 Å². The predicted octanol–water partition coefficient (Wildman–Crippen LogP) is 4.43. The topological polar surface area (TPSA) is 68.8 Å². The van der Waals surface area contributed by atoms with E-state index in [0.29, 0.717) is 18.8 Å². The number of benzene rings is 2. The molecule has 164 valence electrons. The molecule has 2 aromatic carbocycles. The van der Waals surface area contributed by atoms with Crippen molar-refractivity contribution in [3.05, 3.63) is 121 Å². The quantitative estimate of drug-likeness (QED) is 0.302. The summed E-state index contributed by atoms with van der Waals surface area (Å²) in [5.41, 5.74) is 4.25. The number of aromatic hydroxyl groups is 1. The molecule has 32 heavy (non-hydrogen) atoms. The van der Waals surface area contributed by atoms with Crippen molar-refractivity contribution in [2.24, 2.45) is 0 Å². The Bertz CT molecular complexity index is 1120. The summed E-state index contributed by atoms with van der Waals surface area (Å²) in [4.78, 5) is 6.41. The van der Waals surface area contributed by atoms with Crippen molar-refractivity contribution in [3.63, 3.8) is 0 Å². The van der Waals surface area contributed by atoms with Crippen molar-refractivity contribution in [1.82, 2.24) is 24.5 Å². The van der Waals surface area contributed by atoms with Crippen LogP contribution in [0.25, 0.3) is 11.1 Å². The summed E-state index contributed by atoms with van der Waals surface area (Å²) in [6.07, 6.45) is 8.50. The predicted molar refractivity (Wildman–Crippen MR) is 119 cm³/mol. The molecule has 0 radical (unpaired) electrons. The van der Waals surface area contributed by atoms with E-state index in [-0.39, 0.29) is 21.1 Å². The van der Waals surface area contributed by atoms with E-state index in [4.69, 9.17) is 10.1 Å². The Morgan fingerprint density at radius 2 is 1.38 bits per heavy atom. The number of rotatable bonds is 5. The van der Waals surface area contributed by atoms with Crippen molar-refractivity contribution >= 4 is 0 Å². The standard InChI is InChI=1S/C19H16N5.C6H6O.Pt/c1-2-6-16(7-3-1)17-12-18(14-23-10-4-5-11-23)22-19(13-17)15-24-20-8-9-21-24;7-6-4-2-1-3-5-6;/h1-10,12-13H,14-15H2;1-5,7H;/q-1;;. The molecule has 5 aromatic rings. The molecule has 0 spiro atoms. The van der Waals surface area contributed by atoms with E-state index in [9.17, 15) is 0 Å². The minimum Gasteiger partial charge on any atom is -0.508 e. The zero-order valence-electron chi connectivity index (χ0n) is 17.2. The second-order valence-electron chi connectivity index (χ2n) is 6.86. The van der Waals surface area contributed by atoms with Gasteiger partial charge in [-0.25, -0.2) is 0 Å². The molecular formula is C25H22N5OPt-. The van der Waals surface area contributed by atoms with Crippen LogP contribution in [0.5, 0.6) is 5.75 Å². The number of hydrogen-bond donors (Lipinski definition) is 1. The van der Waals surface area contributed by atoms with E-state index >= 15 is 0 Å². The Hall–Kier alpha value is -3.50. The van der Waals surface area contributed by atoms with Crippen molar-refractivity contribution in [2.75, 3.05) is 0 Å². The molecule has 0 fully saturated rings. The molecule has 5 rings (SSSR count). The van der Waals surface area contributed by atoms with Gasteiger partial charge in [-0.1, -0.05) is 48.5 Å². The van der Waals surface area contributed by atoms with E-state index in [1.165, 1.54) is 5.56 Å². The van der Waals surface area contributed by atoms with Crippen molar-refractivity contribution in [2.45, 2.75) is 13.1 Å². The van der Waals surface area contributed by atoms with Crippen LogP contribution in [0.3, 0.4) is 0 Å². The molecule has 0 aliphatic rings. The maximum atomic E-state index is 8.63. The van der Waals surface area contributed by atoms with Crippen LogP contribution < -0.4 is 0 Å². The fraction of sp³-hybridized carbons (Fsp3) is 0.0800. The fourth-order valence-corrected chi connectivity index (χ4v) is 3.11. The van der Waals surface area contributed by atoms with Gasteiger partial charge in [0, 0.05) is 27.6 Å². The molecule has 7 heteroatoms. The van der Waals surface area contributed by atoms with Gasteiger partial charge < -0.3 is 9.67 Å². The largest absolute Gasteiger partial charge is 0.508 e. The summed E-state index contributed by atoms with van der Waals surface area (Å²) in [6.45, 7) is 1.24. The van der Waals surface area contributed by atoms with Gasteiger partial charge >= 0.3 is 0 Å². The molecule has 0 saturated carbocycles. The summed E-state index contributed by atoms with van der Waals surface area (Å²) >= 11 is 0. The molecule has 3 aromatic heterocycles. The van der Waals surface area contributed by atoms with Crippen molar-refractivity contribution in [1.29, 1.82) is 0 Å². The van der Waals surface area contributed by atoms with E-state index in [0.717, 1.165) is 17.0 Å². The molecule has 0 amide bonds. The minimum absolute atomic E-state index is 0. The normalized spacial score (nSPS) is 10.0. The van der Waals surface area contributed by atoms with Crippen molar-refractivity contribution in [3.8, 4) is 16.9 Å². The summed E-state index contributed by atoms with van der Waals surface area (Å²) in [5.74, 6) is 0.322. The van der Waals surface area contributed by atoms with Crippen LogP contribution in [0.2, 0.25) is 0 Å². The number of phenols is 1. The van der Waals surface area contributed by atoms with E-state index in [2.05, 4.69) is 40.7 Å². The Labute approximate surface area is 201 Å². The van der Waals surface area contributed by atoms with E-state index in [1.807, 2.05) is 47.2 Å². The SMILES string of the molecule is Oc1ccccc1.[Pt].[c-]1cccn1Cc1cc(-c2ccccc2)cc(Cn2nccn2)n1. The summed E-state index contributed by atoms with van der Waals surface area (Å²) < 4.78 is 1.99. The van der Waals surface area contributed by atoms with Crippen LogP contribution in [0.4, 0.5) is 0 Å². The third-order valence-corrected chi connectivity index (χ3v) is 4.50. The van der Waals surface area contributed by atoms with Gasteiger partial charge in [-0.2, -0.15) is 27.1 Å². The van der Waals surface area contributed by atoms with Crippen LogP contribution in [0.1, 0.15) is 11.4 Å². The van der Waals surface area contributed by atoms with E-state index < -0.39 is 0 Å². The number of para-hydroxylation sites is 1. The number of hydrogen-bond acceptors (Lipinski definition) is 4. The molecule has 3 heterocycles. The minimum atomic E-state index is 0. The zero-order chi connectivity index (χ0) is 21.3. The molecule has 6 nitrogen and oxygen atoms in total. The third-order valence-electron chi connectivity index (χ3n) is 4.50. The second kappa shape index (κ2) is 11.8.